The number of carbonyl (C=O) groups is 8. The van der Waals surface area contributed by atoms with Crippen molar-refractivity contribution >= 4 is 47.4 Å². The molecule has 270 valence electrons. The molecule has 0 aromatic heterocycles. The van der Waals surface area contributed by atoms with Gasteiger partial charge in [-0.2, -0.15) is 6.92 Å². The number of ether oxygens (including phenoxy) is 2. The molecule has 0 aliphatic carbocycles. The van der Waals surface area contributed by atoms with Crippen LogP contribution in [0.15, 0.2) is 0 Å². The normalized spacial score (nSPS) is 7.42. The third-order valence-electron chi connectivity index (χ3n) is 1.40. The Bertz CT molecular complexity index is 616. The molecule has 45 heavy (non-hydrogen) atoms. The van der Waals surface area contributed by atoms with Crippen LogP contribution >= 0.6 is 0 Å². The summed E-state index contributed by atoms with van der Waals surface area (Å²) >= 11 is 0. The zero-order valence-electron chi connectivity index (χ0n) is 29.0. The van der Waals surface area contributed by atoms with Crippen molar-refractivity contribution in [3.8, 4) is 0 Å². The van der Waals surface area contributed by atoms with Crippen molar-refractivity contribution < 1.29 is 100 Å². The Kier molecular flexibility index (Phi) is 91.8. The Morgan fingerprint density at radius 3 is 0.689 bits per heavy atom. The van der Waals surface area contributed by atoms with Gasteiger partial charge in [-0.3, -0.25) is 38.4 Å². The summed E-state index contributed by atoms with van der Waals surface area (Å²) in [5.41, 5.74) is 0. The van der Waals surface area contributed by atoms with E-state index >= 15 is 0 Å². The second kappa shape index (κ2) is 60.1. The van der Waals surface area contributed by atoms with Crippen LogP contribution in [0.2, 0.25) is 0 Å². The second-order valence-corrected chi connectivity index (χ2v) is 7.63. The third kappa shape index (κ3) is 527. The summed E-state index contributed by atoms with van der Waals surface area (Å²) in [5.74, 6) is -4.53. The van der Waals surface area contributed by atoms with Gasteiger partial charge in [-0.25, -0.2) is 0 Å². The van der Waals surface area contributed by atoms with E-state index in [4.69, 9.17) is 49.8 Å². The molecule has 0 aliphatic rings. The van der Waals surface area contributed by atoms with Crippen LogP contribution in [0.25, 0.3) is 0 Å². The fourth-order valence-electron chi connectivity index (χ4n) is 0.831. The smallest absolute Gasteiger partial charge is 0.313 e. The minimum atomic E-state index is -0.833. The van der Waals surface area contributed by atoms with E-state index in [2.05, 4.69) is 16.4 Å². The van der Waals surface area contributed by atoms with Crippen molar-refractivity contribution in [1.29, 1.82) is 0 Å². The van der Waals surface area contributed by atoms with Gasteiger partial charge in [-0.15, -0.1) is 0 Å². The summed E-state index contributed by atoms with van der Waals surface area (Å²) in [4.78, 5) is 77.3. The molecule has 0 aromatic carbocycles. The van der Waals surface area contributed by atoms with Crippen molar-refractivity contribution in [3.63, 3.8) is 0 Å². The molecule has 0 radical (unpaired) electrons. The molecule has 0 unspecified atom stereocenters. The average molecular weight is 698 g/mol. The molecule has 0 aliphatic heterocycles. The molecular weight excluding hydrogens is 640 g/mol. The maximum absolute atomic E-state index is 10.4. The standard InChI is InChI=1S/2C6H10O3.2C3H8O.4C2H4O2.C2H5.Ti/c2*1-3-9-6(8)4-5(2)7;2*1-3(2)4;4*1-2(3)4;1-2;/h2*3-4H2,1-2H3;2*3-4H,1-2H3;4*1H3,(H,3,4);1H2,2H3;/q;;;;;;;;-1;. The number of aliphatic hydroxyl groups is 2. The quantitative estimate of drug-likeness (QED) is 0.101. The number of esters is 2. The number of rotatable bonds is 6. The van der Waals surface area contributed by atoms with E-state index in [-0.39, 0.29) is 58.3 Å². The number of aliphatic carboxylic acids is 4. The number of aliphatic hydroxyl groups excluding tert-OH is 2. The number of carboxylic acid groups (broad SMARTS) is 4. The number of carbonyl (C=O) groups excluding carboxylic acids is 4. The van der Waals surface area contributed by atoms with E-state index < -0.39 is 35.8 Å². The fourth-order valence-corrected chi connectivity index (χ4v) is 0.831. The second-order valence-electron chi connectivity index (χ2n) is 7.63. The number of carboxylic acids is 4. The van der Waals surface area contributed by atoms with Gasteiger partial charge in [0.05, 0.1) is 13.2 Å². The molecule has 0 bridgehead atoms. The number of ketones is 2. The summed E-state index contributed by atoms with van der Waals surface area (Å²) < 4.78 is 8.99. The Balaban J connectivity index is -0.0000000397. The first-order chi connectivity index (χ1) is 19.7. The van der Waals surface area contributed by atoms with E-state index in [1.54, 1.807) is 48.5 Å². The molecule has 16 nitrogen and oxygen atoms in total. The first kappa shape index (κ1) is 68.8. The van der Waals surface area contributed by atoms with Crippen LogP contribution in [0.4, 0.5) is 0 Å². The van der Waals surface area contributed by atoms with Crippen LogP contribution in [0.3, 0.4) is 0 Å². The van der Waals surface area contributed by atoms with Gasteiger partial charge >= 0.3 is 11.9 Å². The van der Waals surface area contributed by atoms with Crippen LogP contribution in [0, 0.1) is 6.92 Å². The van der Waals surface area contributed by atoms with Crippen molar-refractivity contribution in [2.24, 2.45) is 0 Å². The summed E-state index contributed by atoms with van der Waals surface area (Å²) in [7, 11) is 0. The number of Topliss-reactive ketones (excluding diaryl/α,β-unsaturated/α-hetero) is 2. The summed E-state index contributed by atoms with van der Waals surface area (Å²) in [6, 6.07) is 0. The maximum atomic E-state index is 10.4. The topological polar surface area (TPSA) is 276 Å². The molecule has 0 heterocycles. The maximum Gasteiger partial charge on any atom is 0.313 e. The zero-order chi connectivity index (χ0) is 38.0. The van der Waals surface area contributed by atoms with Crippen molar-refractivity contribution in [2.75, 3.05) is 13.2 Å². The molecule has 17 heteroatoms. The molecule has 0 fully saturated rings. The van der Waals surface area contributed by atoms with Crippen LogP contribution in [-0.2, 0) is 69.5 Å². The SMILES string of the molecule is CC(=O)O.CC(=O)O.CC(=O)O.CC(=O)O.CC(C)O.CC(C)O.CCOC(=O)CC(C)=O.CCOC(=O)CC(C)=O.[CH2-]C.[Ti]. The van der Waals surface area contributed by atoms with E-state index in [0.29, 0.717) is 13.2 Å². The van der Waals surface area contributed by atoms with E-state index in [1.165, 1.54) is 13.8 Å². The molecular formula is C28H57O16Ti-. The Labute approximate surface area is 282 Å². The van der Waals surface area contributed by atoms with Gasteiger partial charge in [0.1, 0.15) is 24.4 Å². The number of hydrogen-bond acceptors (Lipinski definition) is 12. The first-order valence-electron chi connectivity index (χ1n) is 12.9. The average Bonchev–Trinajstić information content (AvgIpc) is 2.72. The van der Waals surface area contributed by atoms with Crippen molar-refractivity contribution in [3.05, 3.63) is 6.92 Å². The summed E-state index contributed by atoms with van der Waals surface area (Å²) in [6.07, 6.45) is -0.540. The summed E-state index contributed by atoms with van der Waals surface area (Å²) in [5, 5.41) is 45.8. The Hall–Kier alpha value is -3.21. The first-order valence-corrected chi connectivity index (χ1v) is 12.9. The Morgan fingerprint density at radius 1 is 0.511 bits per heavy atom. The van der Waals surface area contributed by atoms with E-state index in [9.17, 15) is 19.2 Å². The molecule has 6 N–H and O–H groups in total. The van der Waals surface area contributed by atoms with Crippen LogP contribution in [-0.4, -0.2) is 103 Å². The van der Waals surface area contributed by atoms with Gasteiger partial charge in [-0.05, 0) is 55.4 Å². The van der Waals surface area contributed by atoms with E-state index in [0.717, 1.165) is 27.7 Å². The van der Waals surface area contributed by atoms with Gasteiger partial charge in [0.25, 0.3) is 23.9 Å². The van der Waals surface area contributed by atoms with Gasteiger partial charge < -0.3 is 47.0 Å². The minimum Gasteiger partial charge on any atom is -0.481 e. The van der Waals surface area contributed by atoms with Gasteiger partial charge in [0.2, 0.25) is 0 Å². The molecule has 0 aromatic rings. The van der Waals surface area contributed by atoms with Crippen molar-refractivity contribution in [1.82, 2.24) is 0 Å². The third-order valence-corrected chi connectivity index (χ3v) is 1.40. The zero-order valence-corrected chi connectivity index (χ0v) is 30.5. The van der Waals surface area contributed by atoms with Crippen LogP contribution in [0.5, 0.6) is 0 Å². The Morgan fingerprint density at radius 2 is 0.622 bits per heavy atom. The van der Waals surface area contributed by atoms with E-state index in [1.807, 2.05) is 0 Å². The van der Waals surface area contributed by atoms with Crippen molar-refractivity contribution in [2.45, 2.75) is 115 Å². The molecule has 0 saturated heterocycles. The molecule has 0 spiro atoms. The predicted octanol–water partition coefficient (Wildman–Crippen LogP) is 3.03. The molecule has 0 rings (SSSR count). The van der Waals surface area contributed by atoms with Crippen LogP contribution < -0.4 is 0 Å². The number of hydrogen-bond donors (Lipinski definition) is 6. The molecule has 0 atom stereocenters. The predicted molar refractivity (Wildman–Crippen MR) is 163 cm³/mol. The van der Waals surface area contributed by atoms with Gasteiger partial charge in [-0.1, -0.05) is 0 Å². The minimum absolute atomic E-state index is 0. The monoisotopic (exact) mass is 697 g/mol. The molecule has 0 saturated carbocycles. The fraction of sp³-hybridized carbons (Fsp3) is 0.679. The molecule has 0 amide bonds. The van der Waals surface area contributed by atoms with Gasteiger partial charge in [0, 0.05) is 61.6 Å². The largest absolute Gasteiger partial charge is 0.481 e. The summed E-state index contributed by atoms with van der Waals surface area (Å²) in [6.45, 7) is 23.0. The van der Waals surface area contributed by atoms with Gasteiger partial charge in [0.15, 0.2) is 0 Å². The van der Waals surface area contributed by atoms with Crippen LogP contribution in [0.1, 0.15) is 103 Å².